The van der Waals surface area contributed by atoms with E-state index in [9.17, 15) is 0 Å². The lowest BCUT2D eigenvalue weighted by Crippen LogP contribution is -2.56. The first-order valence-corrected chi connectivity index (χ1v) is 9.02. The lowest BCUT2D eigenvalue weighted by Gasteiger charge is -2.44. The van der Waals surface area contributed by atoms with Crippen molar-refractivity contribution < 1.29 is 0 Å². The van der Waals surface area contributed by atoms with Crippen molar-refractivity contribution in [2.75, 3.05) is 19.6 Å². The normalized spacial score (nSPS) is 27.3. The van der Waals surface area contributed by atoms with Crippen molar-refractivity contribution in [2.24, 2.45) is 10.7 Å². The highest BCUT2D eigenvalue weighted by Gasteiger charge is 2.34. The number of likely N-dealkylation sites (tertiary alicyclic amines) is 1. The van der Waals surface area contributed by atoms with E-state index in [-0.39, 0.29) is 0 Å². The van der Waals surface area contributed by atoms with Crippen LogP contribution in [-0.2, 0) is 6.42 Å². The Morgan fingerprint density at radius 3 is 2.86 bits per heavy atom. The zero-order valence-electron chi connectivity index (χ0n) is 12.6. The minimum atomic E-state index is 0.530. The van der Waals surface area contributed by atoms with Gasteiger partial charge >= 0.3 is 0 Å². The van der Waals surface area contributed by atoms with E-state index in [1.165, 1.54) is 50.1 Å². The number of rotatable bonds is 5. The zero-order valence-corrected chi connectivity index (χ0v) is 13.4. The van der Waals surface area contributed by atoms with Crippen LogP contribution < -0.4 is 11.1 Å². The van der Waals surface area contributed by atoms with Gasteiger partial charge in [0, 0.05) is 29.9 Å². The molecule has 0 atom stereocenters. The predicted molar refractivity (Wildman–Crippen MR) is 89.9 cm³/mol. The fraction of sp³-hybridized carbons (Fsp3) is 0.688. The maximum absolute atomic E-state index is 5.98. The largest absolute Gasteiger partial charge is 0.370 e. The Labute approximate surface area is 131 Å². The smallest absolute Gasteiger partial charge is 0.188 e. The predicted octanol–water partition coefficient (Wildman–Crippen LogP) is 2.21. The van der Waals surface area contributed by atoms with Crippen LogP contribution in [0.4, 0.5) is 0 Å². The Bertz CT molecular complexity index is 445. The van der Waals surface area contributed by atoms with Gasteiger partial charge in [0.2, 0.25) is 0 Å². The first-order valence-electron chi connectivity index (χ1n) is 8.14. The molecule has 1 aromatic heterocycles. The molecule has 5 heteroatoms. The summed E-state index contributed by atoms with van der Waals surface area (Å²) in [5.41, 5.74) is 5.98. The second-order valence-electron chi connectivity index (χ2n) is 6.16. The van der Waals surface area contributed by atoms with E-state index in [2.05, 4.69) is 32.7 Å². The van der Waals surface area contributed by atoms with Crippen molar-refractivity contribution in [2.45, 2.75) is 50.6 Å². The van der Waals surface area contributed by atoms with Crippen LogP contribution in [0.2, 0.25) is 0 Å². The van der Waals surface area contributed by atoms with Crippen molar-refractivity contribution in [1.82, 2.24) is 10.2 Å². The molecule has 3 N–H and O–H groups in total. The quantitative estimate of drug-likeness (QED) is 0.648. The molecule has 3 rings (SSSR count). The molecule has 1 saturated heterocycles. The molecule has 2 heterocycles. The van der Waals surface area contributed by atoms with Gasteiger partial charge in [-0.25, -0.2) is 0 Å². The lowest BCUT2D eigenvalue weighted by molar-refractivity contribution is 0.0846. The van der Waals surface area contributed by atoms with E-state index in [0.29, 0.717) is 12.0 Å². The van der Waals surface area contributed by atoms with Gasteiger partial charge in [0.15, 0.2) is 5.96 Å². The number of nitrogens with zero attached hydrogens (tertiary/aromatic N) is 2. The molecule has 0 amide bonds. The molecule has 0 unspecified atom stereocenters. The summed E-state index contributed by atoms with van der Waals surface area (Å²) in [5, 5.41) is 5.48. The third-order valence-corrected chi connectivity index (χ3v) is 5.53. The van der Waals surface area contributed by atoms with E-state index in [1.54, 1.807) is 11.3 Å². The molecule has 0 aromatic carbocycles. The fourth-order valence-corrected chi connectivity index (χ4v) is 3.98. The molecule has 0 bridgehead atoms. The van der Waals surface area contributed by atoms with Crippen LogP contribution in [0, 0.1) is 0 Å². The van der Waals surface area contributed by atoms with Crippen molar-refractivity contribution in [3.8, 4) is 0 Å². The number of guanidine groups is 1. The van der Waals surface area contributed by atoms with Gasteiger partial charge in [-0.3, -0.25) is 4.99 Å². The highest BCUT2D eigenvalue weighted by molar-refractivity contribution is 7.09. The van der Waals surface area contributed by atoms with Gasteiger partial charge in [0.05, 0.1) is 0 Å². The minimum absolute atomic E-state index is 0.530. The van der Waals surface area contributed by atoms with Gasteiger partial charge in [-0.15, -0.1) is 11.3 Å². The van der Waals surface area contributed by atoms with Gasteiger partial charge < -0.3 is 16.0 Å². The summed E-state index contributed by atoms with van der Waals surface area (Å²) in [6.07, 6.45) is 7.60. The first kappa shape index (κ1) is 14.9. The Kier molecular flexibility index (Phi) is 5.14. The number of thiophene rings is 1. The number of nitrogens with two attached hydrogens (primary N) is 1. The highest BCUT2D eigenvalue weighted by atomic mass is 32.1. The molecule has 1 aliphatic heterocycles. The standard InChI is InChI=1S/C16H26N4S/c17-16(18-7-6-15-5-4-10-21-15)19-13-11-14(12-13)20-8-2-1-3-9-20/h4-5,10,13-14H,1-3,6-9,11-12H2,(H3,17,18,19). The van der Waals surface area contributed by atoms with Gasteiger partial charge in [0.1, 0.15) is 0 Å². The van der Waals surface area contributed by atoms with Crippen LogP contribution in [-0.4, -0.2) is 42.6 Å². The van der Waals surface area contributed by atoms with Crippen molar-refractivity contribution in [3.63, 3.8) is 0 Å². The van der Waals surface area contributed by atoms with Crippen LogP contribution in [0.3, 0.4) is 0 Å². The van der Waals surface area contributed by atoms with Crippen molar-refractivity contribution in [1.29, 1.82) is 0 Å². The highest BCUT2D eigenvalue weighted by Crippen LogP contribution is 2.27. The Morgan fingerprint density at radius 1 is 1.33 bits per heavy atom. The van der Waals surface area contributed by atoms with E-state index >= 15 is 0 Å². The third kappa shape index (κ3) is 4.20. The molecule has 2 aliphatic rings. The Morgan fingerprint density at radius 2 is 2.14 bits per heavy atom. The summed E-state index contributed by atoms with van der Waals surface area (Å²) in [4.78, 5) is 8.47. The summed E-state index contributed by atoms with van der Waals surface area (Å²) < 4.78 is 0. The van der Waals surface area contributed by atoms with Crippen LogP contribution in [0.1, 0.15) is 37.0 Å². The molecule has 1 aromatic rings. The van der Waals surface area contributed by atoms with Crippen LogP contribution in [0.5, 0.6) is 0 Å². The number of nitrogens with one attached hydrogen (secondary N) is 1. The molecule has 116 valence electrons. The number of hydrogen-bond acceptors (Lipinski definition) is 3. The van der Waals surface area contributed by atoms with Gasteiger partial charge in [-0.05, 0) is 50.2 Å². The topological polar surface area (TPSA) is 53.6 Å². The van der Waals surface area contributed by atoms with Gasteiger partial charge in [0.25, 0.3) is 0 Å². The molecule has 21 heavy (non-hydrogen) atoms. The van der Waals surface area contributed by atoms with Crippen LogP contribution in [0.15, 0.2) is 22.5 Å². The summed E-state index contributed by atoms with van der Waals surface area (Å²) >= 11 is 1.78. The number of hydrogen-bond donors (Lipinski definition) is 2. The second-order valence-corrected chi connectivity index (χ2v) is 7.19. The van der Waals surface area contributed by atoms with E-state index in [4.69, 9.17) is 5.73 Å². The van der Waals surface area contributed by atoms with Crippen molar-refractivity contribution in [3.05, 3.63) is 22.4 Å². The fourth-order valence-electron chi connectivity index (χ4n) is 3.28. The zero-order chi connectivity index (χ0) is 14.5. The summed E-state index contributed by atoms with van der Waals surface area (Å²) in [5.74, 6) is 0.619. The lowest BCUT2D eigenvalue weighted by atomic mass is 9.84. The number of piperidine rings is 1. The van der Waals surface area contributed by atoms with Gasteiger partial charge in [-0.1, -0.05) is 12.5 Å². The molecule has 1 aliphatic carbocycles. The van der Waals surface area contributed by atoms with Gasteiger partial charge in [-0.2, -0.15) is 0 Å². The Balaban J connectivity index is 1.33. The average Bonchev–Trinajstić information content (AvgIpc) is 2.96. The maximum atomic E-state index is 5.98. The molecule has 0 spiro atoms. The Hall–Kier alpha value is -1.07. The van der Waals surface area contributed by atoms with E-state index < -0.39 is 0 Å². The first-order chi connectivity index (χ1) is 10.3. The summed E-state index contributed by atoms with van der Waals surface area (Å²) in [6, 6.07) is 5.54. The number of aliphatic imine (C=N–C) groups is 1. The molecule has 0 radical (unpaired) electrons. The summed E-state index contributed by atoms with van der Waals surface area (Å²) in [6.45, 7) is 3.37. The summed E-state index contributed by atoms with van der Waals surface area (Å²) in [7, 11) is 0. The maximum Gasteiger partial charge on any atom is 0.188 e. The molecular weight excluding hydrogens is 280 g/mol. The molecular formula is C16H26N4S. The van der Waals surface area contributed by atoms with Crippen molar-refractivity contribution >= 4 is 17.3 Å². The van der Waals surface area contributed by atoms with E-state index in [1.807, 2.05) is 0 Å². The van der Waals surface area contributed by atoms with Crippen LogP contribution >= 0.6 is 11.3 Å². The molecule has 4 nitrogen and oxygen atoms in total. The SMILES string of the molecule is NC(=NCCc1cccs1)NC1CC(N2CCCCC2)C1. The molecule has 1 saturated carbocycles. The average molecular weight is 306 g/mol. The van der Waals surface area contributed by atoms with Crippen LogP contribution in [0.25, 0.3) is 0 Å². The molecule has 2 fully saturated rings. The third-order valence-electron chi connectivity index (χ3n) is 4.59. The monoisotopic (exact) mass is 306 g/mol. The second kappa shape index (κ2) is 7.27. The van der Waals surface area contributed by atoms with E-state index in [0.717, 1.165) is 19.0 Å². The minimum Gasteiger partial charge on any atom is -0.370 e.